The van der Waals surface area contributed by atoms with Crippen LogP contribution in [0.3, 0.4) is 0 Å². The summed E-state index contributed by atoms with van der Waals surface area (Å²) >= 11 is 0. The normalized spacial score (nSPS) is 25.5. The Hall–Kier alpha value is -1.02. The van der Waals surface area contributed by atoms with Crippen LogP contribution in [0.5, 0.6) is 0 Å². The maximum Gasteiger partial charge on any atom is 0.0741 e. The Morgan fingerprint density at radius 3 is 2.33 bits per heavy atom. The smallest absolute Gasteiger partial charge is 0.0741 e. The Morgan fingerprint density at radius 2 is 1.80 bits per heavy atom. The van der Waals surface area contributed by atoms with E-state index in [4.69, 9.17) is 0 Å². The van der Waals surface area contributed by atoms with Gasteiger partial charge in [0.2, 0.25) is 0 Å². The van der Waals surface area contributed by atoms with Gasteiger partial charge in [0.25, 0.3) is 0 Å². The molecule has 2 rings (SSSR count). The molecule has 1 aliphatic carbocycles. The van der Waals surface area contributed by atoms with Gasteiger partial charge in [-0.15, -0.1) is 0 Å². The van der Waals surface area contributed by atoms with Gasteiger partial charge in [0.05, 0.1) is 12.1 Å². The van der Waals surface area contributed by atoms with Gasteiger partial charge in [-0.3, -0.25) is 0 Å². The van der Waals surface area contributed by atoms with Gasteiger partial charge in [-0.2, -0.15) is 0 Å². The summed E-state index contributed by atoms with van der Waals surface area (Å²) in [5.41, 5.74) is 3.67. The molecule has 0 spiro atoms. The molecule has 1 aromatic rings. The summed E-state index contributed by atoms with van der Waals surface area (Å²) in [6, 6.07) is 6.68. The van der Waals surface area contributed by atoms with Crippen LogP contribution in [0, 0.1) is 13.8 Å². The number of nitrogens with one attached hydrogen (secondary N) is 1. The zero-order valence-corrected chi connectivity index (χ0v) is 9.46. The van der Waals surface area contributed by atoms with Gasteiger partial charge >= 0.3 is 0 Å². The first kappa shape index (κ1) is 10.5. The number of aryl methyl sites for hydroxylation is 2. The van der Waals surface area contributed by atoms with Crippen molar-refractivity contribution >= 4 is 5.69 Å². The van der Waals surface area contributed by atoms with Crippen molar-refractivity contribution in [2.24, 2.45) is 0 Å². The van der Waals surface area contributed by atoms with Gasteiger partial charge < -0.3 is 10.4 Å². The third-order valence-electron chi connectivity index (χ3n) is 3.05. The topological polar surface area (TPSA) is 32.3 Å². The van der Waals surface area contributed by atoms with Crippen LogP contribution in [0.4, 0.5) is 5.69 Å². The van der Waals surface area contributed by atoms with E-state index in [9.17, 15) is 5.11 Å². The Kier molecular flexibility index (Phi) is 2.96. The van der Waals surface area contributed by atoms with Crippen molar-refractivity contribution in [2.45, 2.75) is 45.3 Å². The lowest BCUT2D eigenvalue weighted by Crippen LogP contribution is -2.27. The molecule has 2 heteroatoms. The molecule has 0 radical (unpaired) electrons. The Labute approximate surface area is 91.3 Å². The molecule has 0 heterocycles. The SMILES string of the molecule is Cc1cc(C)cc(N[C@@H]2CCC[C@H]2O)c1. The molecular formula is C13H19NO. The number of hydrogen-bond donors (Lipinski definition) is 2. The highest BCUT2D eigenvalue weighted by atomic mass is 16.3. The van der Waals surface area contributed by atoms with Crippen molar-refractivity contribution in [3.63, 3.8) is 0 Å². The Balaban J connectivity index is 2.10. The largest absolute Gasteiger partial charge is 0.391 e. The van der Waals surface area contributed by atoms with Crippen molar-refractivity contribution in [2.75, 3.05) is 5.32 Å². The molecule has 2 atom stereocenters. The predicted molar refractivity (Wildman–Crippen MR) is 63.2 cm³/mol. The van der Waals surface area contributed by atoms with Crippen molar-refractivity contribution in [3.05, 3.63) is 29.3 Å². The van der Waals surface area contributed by atoms with Crippen molar-refractivity contribution in [1.82, 2.24) is 0 Å². The zero-order chi connectivity index (χ0) is 10.8. The van der Waals surface area contributed by atoms with Crippen molar-refractivity contribution < 1.29 is 5.11 Å². The van der Waals surface area contributed by atoms with Crippen LogP contribution in [-0.4, -0.2) is 17.3 Å². The second kappa shape index (κ2) is 4.23. The molecule has 1 saturated carbocycles. The van der Waals surface area contributed by atoms with Gasteiger partial charge in [0.1, 0.15) is 0 Å². The fraction of sp³-hybridized carbons (Fsp3) is 0.538. The van der Waals surface area contributed by atoms with Gasteiger partial charge in [-0.25, -0.2) is 0 Å². The summed E-state index contributed by atoms with van der Waals surface area (Å²) in [6.45, 7) is 4.20. The van der Waals surface area contributed by atoms with Crippen molar-refractivity contribution in [3.8, 4) is 0 Å². The second-order valence-electron chi connectivity index (χ2n) is 4.63. The molecule has 2 nitrogen and oxygen atoms in total. The van der Waals surface area contributed by atoms with Gasteiger partial charge in [0.15, 0.2) is 0 Å². The maximum absolute atomic E-state index is 9.73. The fourth-order valence-corrected chi connectivity index (χ4v) is 2.38. The van der Waals surface area contributed by atoms with E-state index in [2.05, 4.69) is 37.4 Å². The number of rotatable bonds is 2. The first-order valence-corrected chi connectivity index (χ1v) is 5.68. The van der Waals surface area contributed by atoms with Crippen LogP contribution >= 0.6 is 0 Å². The average Bonchev–Trinajstić information content (AvgIpc) is 2.50. The molecule has 0 saturated heterocycles. The van der Waals surface area contributed by atoms with Crippen LogP contribution in [0.2, 0.25) is 0 Å². The standard InChI is InChI=1S/C13H19NO/c1-9-6-10(2)8-11(7-9)14-12-4-3-5-13(12)15/h6-8,12-15H,3-5H2,1-2H3/t12-,13-/m1/s1. The molecule has 82 valence electrons. The summed E-state index contributed by atoms with van der Waals surface area (Å²) in [7, 11) is 0. The molecule has 0 amide bonds. The van der Waals surface area contributed by atoms with Crippen LogP contribution in [-0.2, 0) is 0 Å². The maximum atomic E-state index is 9.73. The van der Waals surface area contributed by atoms with E-state index >= 15 is 0 Å². The molecule has 0 aromatic heterocycles. The van der Waals surface area contributed by atoms with Gasteiger partial charge in [0, 0.05) is 5.69 Å². The van der Waals surface area contributed by atoms with E-state index in [0.29, 0.717) is 0 Å². The van der Waals surface area contributed by atoms with Gasteiger partial charge in [-0.05, 0) is 56.4 Å². The molecule has 1 aromatic carbocycles. The molecule has 0 aliphatic heterocycles. The van der Waals surface area contributed by atoms with E-state index in [1.54, 1.807) is 0 Å². The molecule has 2 N–H and O–H groups in total. The number of benzene rings is 1. The minimum atomic E-state index is -0.175. The summed E-state index contributed by atoms with van der Waals surface area (Å²) in [5.74, 6) is 0. The van der Waals surface area contributed by atoms with Crippen molar-refractivity contribution in [1.29, 1.82) is 0 Å². The highest BCUT2D eigenvalue weighted by Gasteiger charge is 2.24. The van der Waals surface area contributed by atoms with Gasteiger partial charge in [-0.1, -0.05) is 6.07 Å². The van der Waals surface area contributed by atoms with Crippen LogP contribution in [0.1, 0.15) is 30.4 Å². The Bertz CT molecular complexity index is 328. The monoisotopic (exact) mass is 205 g/mol. The molecule has 1 aliphatic rings. The summed E-state index contributed by atoms with van der Waals surface area (Å²) < 4.78 is 0. The molecule has 0 unspecified atom stereocenters. The average molecular weight is 205 g/mol. The number of anilines is 1. The van der Waals surface area contributed by atoms with Crippen LogP contribution in [0.15, 0.2) is 18.2 Å². The molecule has 0 bridgehead atoms. The van der Waals surface area contributed by atoms with E-state index in [-0.39, 0.29) is 12.1 Å². The molecule has 15 heavy (non-hydrogen) atoms. The highest BCUT2D eigenvalue weighted by molar-refractivity contribution is 5.49. The zero-order valence-electron chi connectivity index (χ0n) is 9.46. The number of aliphatic hydroxyl groups excluding tert-OH is 1. The quantitative estimate of drug-likeness (QED) is 0.778. The number of hydrogen-bond acceptors (Lipinski definition) is 2. The van der Waals surface area contributed by atoms with E-state index in [1.807, 2.05) is 0 Å². The third-order valence-corrected chi connectivity index (χ3v) is 3.05. The minimum absolute atomic E-state index is 0.175. The second-order valence-corrected chi connectivity index (χ2v) is 4.63. The lowest BCUT2D eigenvalue weighted by atomic mass is 10.1. The first-order chi connectivity index (χ1) is 7.15. The molecular weight excluding hydrogens is 186 g/mol. The van der Waals surface area contributed by atoms with E-state index in [1.165, 1.54) is 11.1 Å². The summed E-state index contributed by atoms with van der Waals surface area (Å²) in [4.78, 5) is 0. The molecule has 1 fully saturated rings. The number of aliphatic hydroxyl groups is 1. The third kappa shape index (κ3) is 2.51. The van der Waals surface area contributed by atoms with E-state index in [0.717, 1.165) is 24.9 Å². The lowest BCUT2D eigenvalue weighted by molar-refractivity contribution is 0.172. The fourth-order valence-electron chi connectivity index (χ4n) is 2.38. The highest BCUT2D eigenvalue weighted by Crippen LogP contribution is 2.24. The minimum Gasteiger partial charge on any atom is -0.391 e. The van der Waals surface area contributed by atoms with E-state index < -0.39 is 0 Å². The summed E-state index contributed by atoms with van der Waals surface area (Å²) in [5, 5.41) is 13.1. The summed E-state index contributed by atoms with van der Waals surface area (Å²) in [6.07, 6.45) is 2.96. The van der Waals surface area contributed by atoms with Crippen LogP contribution in [0.25, 0.3) is 0 Å². The lowest BCUT2D eigenvalue weighted by Gasteiger charge is -2.18. The Morgan fingerprint density at radius 1 is 1.13 bits per heavy atom. The first-order valence-electron chi connectivity index (χ1n) is 5.68. The van der Waals surface area contributed by atoms with Crippen LogP contribution < -0.4 is 5.32 Å². The predicted octanol–water partition coefficient (Wildman–Crippen LogP) is 2.63.